The molecule has 0 saturated heterocycles. The number of carboxylic acid groups (broad SMARTS) is 1. The molecule has 1 heterocycles. The second-order valence-corrected chi connectivity index (χ2v) is 3.80. The minimum absolute atomic E-state index is 0.0102. The molecule has 2 rings (SSSR count). The molecule has 0 aliphatic heterocycles. The third kappa shape index (κ3) is 2.01. The molecule has 0 radical (unpaired) electrons. The van der Waals surface area contributed by atoms with Crippen molar-refractivity contribution in [3.63, 3.8) is 0 Å². The Morgan fingerprint density at radius 1 is 1.60 bits per heavy atom. The monoisotopic (exact) mass is 209 g/mol. The lowest BCUT2D eigenvalue weighted by atomic mass is 10.3. The number of hydrogen-bond acceptors (Lipinski definition) is 3. The van der Waals surface area contributed by atoms with Crippen molar-refractivity contribution >= 4 is 11.9 Å². The average Bonchev–Trinajstić information content (AvgIpc) is 2.71. The van der Waals surface area contributed by atoms with Crippen molar-refractivity contribution in [2.24, 2.45) is 5.92 Å². The maximum atomic E-state index is 11.5. The molecule has 1 amide bonds. The number of aromatic carboxylic acids is 1. The van der Waals surface area contributed by atoms with E-state index in [1.807, 2.05) is 6.92 Å². The van der Waals surface area contributed by atoms with Gasteiger partial charge >= 0.3 is 5.97 Å². The van der Waals surface area contributed by atoms with Gasteiger partial charge in [0.1, 0.15) is 6.26 Å². The zero-order valence-corrected chi connectivity index (χ0v) is 8.19. The molecule has 80 valence electrons. The SMILES string of the molecule is CC1CC1NC(=O)c1cc(C(=O)O)co1. The number of amides is 1. The van der Waals surface area contributed by atoms with Gasteiger partial charge in [0.25, 0.3) is 5.91 Å². The lowest BCUT2D eigenvalue weighted by molar-refractivity contribution is 0.0696. The normalized spacial score (nSPS) is 23.5. The van der Waals surface area contributed by atoms with Gasteiger partial charge in [0.15, 0.2) is 5.76 Å². The van der Waals surface area contributed by atoms with Gasteiger partial charge in [-0.3, -0.25) is 4.79 Å². The standard InChI is InChI=1S/C10H11NO4/c1-5-2-7(5)11-9(12)8-3-6(4-15-8)10(13)14/h3-5,7H,2H2,1H3,(H,11,12)(H,13,14). The van der Waals surface area contributed by atoms with Gasteiger partial charge in [-0.25, -0.2) is 4.79 Å². The molecule has 5 nitrogen and oxygen atoms in total. The molecule has 1 saturated carbocycles. The first-order chi connectivity index (χ1) is 7.08. The van der Waals surface area contributed by atoms with Crippen molar-refractivity contribution in [3.8, 4) is 0 Å². The Bertz CT molecular complexity index is 409. The van der Waals surface area contributed by atoms with Crippen molar-refractivity contribution in [1.82, 2.24) is 5.32 Å². The van der Waals surface area contributed by atoms with E-state index in [1.165, 1.54) is 6.07 Å². The minimum atomic E-state index is -1.10. The smallest absolute Gasteiger partial charge is 0.338 e. The van der Waals surface area contributed by atoms with Crippen molar-refractivity contribution in [1.29, 1.82) is 0 Å². The predicted octanol–water partition coefficient (Wildman–Crippen LogP) is 1.12. The summed E-state index contributed by atoms with van der Waals surface area (Å²) in [5.74, 6) is -0.899. The molecule has 15 heavy (non-hydrogen) atoms. The maximum absolute atomic E-state index is 11.5. The highest BCUT2D eigenvalue weighted by Crippen LogP contribution is 2.29. The fraction of sp³-hybridized carbons (Fsp3) is 0.400. The molecule has 0 spiro atoms. The van der Waals surface area contributed by atoms with Crippen LogP contribution in [-0.2, 0) is 0 Å². The van der Waals surface area contributed by atoms with Crippen LogP contribution in [0, 0.1) is 5.92 Å². The number of hydrogen-bond donors (Lipinski definition) is 2. The number of carbonyl (C=O) groups excluding carboxylic acids is 1. The summed E-state index contributed by atoms with van der Waals surface area (Å²) < 4.78 is 4.86. The van der Waals surface area contributed by atoms with Gasteiger partial charge < -0.3 is 14.8 Å². The summed E-state index contributed by atoms with van der Waals surface area (Å²) in [7, 11) is 0. The van der Waals surface area contributed by atoms with Crippen LogP contribution < -0.4 is 5.32 Å². The summed E-state index contributed by atoms with van der Waals surface area (Å²) >= 11 is 0. The summed E-state index contributed by atoms with van der Waals surface area (Å²) in [5, 5.41) is 11.4. The van der Waals surface area contributed by atoms with Gasteiger partial charge in [-0.2, -0.15) is 0 Å². The highest BCUT2D eigenvalue weighted by molar-refractivity contribution is 5.95. The number of carboxylic acids is 1. The molecule has 1 aliphatic carbocycles. The van der Waals surface area contributed by atoms with Gasteiger partial charge in [-0.15, -0.1) is 0 Å². The largest absolute Gasteiger partial charge is 0.478 e. The molecule has 1 aliphatic rings. The number of rotatable bonds is 3. The predicted molar refractivity (Wildman–Crippen MR) is 50.7 cm³/mol. The zero-order chi connectivity index (χ0) is 11.0. The van der Waals surface area contributed by atoms with Crippen LogP contribution in [0.2, 0.25) is 0 Å². The van der Waals surface area contributed by atoms with Crippen LogP contribution in [0.3, 0.4) is 0 Å². The van der Waals surface area contributed by atoms with Gasteiger partial charge in [0.05, 0.1) is 5.56 Å². The van der Waals surface area contributed by atoms with E-state index in [-0.39, 0.29) is 23.3 Å². The maximum Gasteiger partial charge on any atom is 0.338 e. The number of furan rings is 1. The Morgan fingerprint density at radius 2 is 2.27 bits per heavy atom. The van der Waals surface area contributed by atoms with Crippen molar-refractivity contribution < 1.29 is 19.1 Å². The summed E-state index contributed by atoms with van der Waals surface area (Å²) in [6.45, 7) is 2.04. The highest BCUT2D eigenvalue weighted by Gasteiger charge is 2.34. The van der Waals surface area contributed by atoms with Crippen LogP contribution in [-0.4, -0.2) is 23.0 Å². The van der Waals surface area contributed by atoms with Crippen molar-refractivity contribution in [2.45, 2.75) is 19.4 Å². The molecule has 1 aromatic rings. The molecular weight excluding hydrogens is 198 g/mol. The Morgan fingerprint density at radius 3 is 2.73 bits per heavy atom. The Kier molecular flexibility index (Phi) is 2.22. The summed E-state index contributed by atoms with van der Waals surface area (Å²) in [4.78, 5) is 22.0. The van der Waals surface area contributed by atoms with Crippen LogP contribution in [0.5, 0.6) is 0 Å². The second-order valence-electron chi connectivity index (χ2n) is 3.80. The second kappa shape index (κ2) is 3.42. The van der Waals surface area contributed by atoms with Crippen LogP contribution in [0.15, 0.2) is 16.7 Å². The van der Waals surface area contributed by atoms with E-state index >= 15 is 0 Å². The summed E-state index contributed by atoms with van der Waals surface area (Å²) in [6.07, 6.45) is 2.03. The molecule has 1 fully saturated rings. The minimum Gasteiger partial charge on any atom is -0.478 e. The molecular formula is C10H11NO4. The van der Waals surface area contributed by atoms with Crippen LogP contribution in [0.4, 0.5) is 0 Å². The molecule has 2 unspecified atom stereocenters. The first-order valence-corrected chi connectivity index (χ1v) is 4.70. The quantitative estimate of drug-likeness (QED) is 0.781. The van der Waals surface area contributed by atoms with Crippen molar-refractivity contribution in [2.75, 3.05) is 0 Å². The Labute approximate surface area is 86.1 Å². The fourth-order valence-electron chi connectivity index (χ4n) is 1.33. The fourth-order valence-corrected chi connectivity index (χ4v) is 1.33. The molecule has 0 bridgehead atoms. The number of carbonyl (C=O) groups is 2. The van der Waals surface area contributed by atoms with Gasteiger partial charge in [0, 0.05) is 12.1 Å². The molecule has 0 aromatic carbocycles. The number of nitrogens with one attached hydrogen (secondary N) is 1. The van der Waals surface area contributed by atoms with Gasteiger partial charge in [-0.05, 0) is 12.3 Å². The van der Waals surface area contributed by atoms with Crippen molar-refractivity contribution in [3.05, 3.63) is 23.7 Å². The van der Waals surface area contributed by atoms with Crippen LogP contribution in [0.25, 0.3) is 0 Å². The first kappa shape index (κ1) is 9.76. The van der Waals surface area contributed by atoms with Gasteiger partial charge in [-0.1, -0.05) is 6.92 Å². The molecule has 2 atom stereocenters. The average molecular weight is 209 g/mol. The van der Waals surface area contributed by atoms with Gasteiger partial charge in [0.2, 0.25) is 0 Å². The summed E-state index contributed by atoms with van der Waals surface area (Å²) in [6, 6.07) is 1.43. The van der Waals surface area contributed by atoms with E-state index in [0.29, 0.717) is 5.92 Å². The lowest BCUT2D eigenvalue weighted by Gasteiger charge is -1.98. The van der Waals surface area contributed by atoms with E-state index in [1.54, 1.807) is 0 Å². The topological polar surface area (TPSA) is 79.5 Å². The Balaban J connectivity index is 2.02. The third-order valence-electron chi connectivity index (χ3n) is 2.50. The van der Waals surface area contributed by atoms with Crippen LogP contribution >= 0.6 is 0 Å². The lowest BCUT2D eigenvalue weighted by Crippen LogP contribution is -2.26. The third-order valence-corrected chi connectivity index (χ3v) is 2.50. The van der Waals surface area contributed by atoms with Crippen LogP contribution in [0.1, 0.15) is 34.3 Å². The van der Waals surface area contributed by atoms with E-state index in [4.69, 9.17) is 9.52 Å². The molecule has 1 aromatic heterocycles. The summed E-state index contributed by atoms with van der Waals surface area (Å²) in [5.41, 5.74) is -0.0102. The van der Waals surface area contributed by atoms with E-state index < -0.39 is 5.97 Å². The Hall–Kier alpha value is -1.78. The van der Waals surface area contributed by atoms with E-state index in [2.05, 4.69) is 5.32 Å². The van der Waals surface area contributed by atoms with E-state index in [0.717, 1.165) is 12.7 Å². The highest BCUT2D eigenvalue weighted by atomic mass is 16.4. The van der Waals surface area contributed by atoms with E-state index in [9.17, 15) is 9.59 Å². The first-order valence-electron chi connectivity index (χ1n) is 4.70. The molecule has 2 N–H and O–H groups in total. The zero-order valence-electron chi connectivity index (χ0n) is 8.19. The molecule has 5 heteroatoms.